The predicted octanol–water partition coefficient (Wildman–Crippen LogP) is 3.84. The summed E-state index contributed by atoms with van der Waals surface area (Å²) < 4.78 is 58.9. The first kappa shape index (κ1) is 38.0. The van der Waals surface area contributed by atoms with Gasteiger partial charge in [-0.05, 0) is 24.6 Å². The van der Waals surface area contributed by atoms with E-state index in [2.05, 4.69) is 5.32 Å². The van der Waals surface area contributed by atoms with Crippen molar-refractivity contribution < 1.29 is 56.4 Å². The second-order valence-corrected chi connectivity index (χ2v) is 12.4. The van der Waals surface area contributed by atoms with E-state index in [9.17, 15) is 24.0 Å². The van der Waals surface area contributed by atoms with Gasteiger partial charge in [0.2, 0.25) is 11.8 Å². The second-order valence-electron chi connectivity index (χ2n) is 11.3. The number of nitrogens with two attached hydrogens (primary N) is 1. The summed E-state index contributed by atoms with van der Waals surface area (Å²) in [6.07, 6.45) is 0.0368. The van der Waals surface area contributed by atoms with Crippen LogP contribution in [-0.4, -0.2) is 81.4 Å². The lowest BCUT2D eigenvalue weighted by molar-refractivity contribution is -0.148. The highest BCUT2D eigenvalue weighted by Gasteiger charge is 2.30. The van der Waals surface area contributed by atoms with Gasteiger partial charge in [0.05, 0.1) is 51.8 Å². The van der Waals surface area contributed by atoms with Crippen LogP contribution in [0.15, 0.2) is 18.2 Å². The summed E-state index contributed by atoms with van der Waals surface area (Å²) in [5, 5.41) is 2.65. The molecule has 1 aliphatic heterocycles. The van der Waals surface area contributed by atoms with Gasteiger partial charge in [0, 0.05) is 60.5 Å². The number of carbonyl (C=O) groups is 5. The molecule has 0 aliphatic carbocycles. The van der Waals surface area contributed by atoms with Crippen molar-refractivity contribution in [3.8, 4) is 23.0 Å². The predicted molar refractivity (Wildman–Crippen MR) is 178 cm³/mol. The summed E-state index contributed by atoms with van der Waals surface area (Å²) in [4.78, 5) is 61.0. The molecule has 1 unspecified atom stereocenters. The zero-order valence-electron chi connectivity index (χ0n) is 27.9. The number of amides is 2. The summed E-state index contributed by atoms with van der Waals surface area (Å²) in [6, 6.07) is 4.56. The van der Waals surface area contributed by atoms with Crippen molar-refractivity contribution in [2.24, 2.45) is 5.73 Å². The Morgan fingerprint density at radius 3 is 2.32 bits per heavy atom. The lowest BCUT2D eigenvalue weighted by Crippen LogP contribution is -2.36. The van der Waals surface area contributed by atoms with Gasteiger partial charge in [-0.25, -0.2) is 8.78 Å². The van der Waals surface area contributed by atoms with Crippen molar-refractivity contribution >= 4 is 51.3 Å². The van der Waals surface area contributed by atoms with Crippen LogP contribution in [0.1, 0.15) is 59.8 Å². The Labute approximate surface area is 290 Å². The maximum atomic E-state index is 15.7. The molecule has 0 fully saturated rings. The van der Waals surface area contributed by atoms with Crippen molar-refractivity contribution in [3.63, 3.8) is 0 Å². The molecule has 3 aromatic rings. The SMILES string of the molecule is COc1cc2c(c(F)c1OCCCOc1c(OC)cc3sc(C(=O)CCC(=O)OC(C)CNC(=O)CN)cc3c1F)CN(C(=O)CCC=O)C2. The van der Waals surface area contributed by atoms with Gasteiger partial charge in [0.25, 0.3) is 0 Å². The van der Waals surface area contributed by atoms with E-state index in [1.807, 2.05) is 0 Å². The smallest absolute Gasteiger partial charge is 0.306 e. The van der Waals surface area contributed by atoms with E-state index in [-0.39, 0.29) is 122 Å². The number of esters is 1. The molecule has 270 valence electrons. The first-order valence-corrected chi connectivity index (χ1v) is 16.7. The summed E-state index contributed by atoms with van der Waals surface area (Å²) in [7, 11) is 2.72. The molecule has 1 aromatic heterocycles. The van der Waals surface area contributed by atoms with E-state index in [1.165, 1.54) is 25.2 Å². The van der Waals surface area contributed by atoms with E-state index in [0.717, 1.165) is 11.3 Å². The summed E-state index contributed by atoms with van der Waals surface area (Å²) in [5.74, 6) is -3.05. The number of hydrogen-bond acceptors (Lipinski definition) is 12. The number of benzene rings is 2. The third kappa shape index (κ3) is 9.24. The van der Waals surface area contributed by atoms with Crippen molar-refractivity contribution in [1.82, 2.24) is 10.2 Å². The summed E-state index contributed by atoms with van der Waals surface area (Å²) >= 11 is 1.05. The normalized spacial score (nSPS) is 12.6. The molecule has 2 aromatic carbocycles. The molecule has 50 heavy (non-hydrogen) atoms. The molecule has 16 heteroatoms. The monoisotopic (exact) mass is 719 g/mol. The van der Waals surface area contributed by atoms with E-state index < -0.39 is 23.7 Å². The molecule has 3 N–H and O–H groups in total. The fourth-order valence-corrected chi connectivity index (χ4v) is 6.24. The largest absolute Gasteiger partial charge is 0.493 e. The number of halogens is 2. The third-order valence-corrected chi connectivity index (χ3v) is 8.88. The van der Waals surface area contributed by atoms with Crippen LogP contribution in [0, 0.1) is 11.6 Å². The maximum Gasteiger partial charge on any atom is 0.306 e. The molecule has 0 bridgehead atoms. The fourth-order valence-electron chi connectivity index (χ4n) is 5.19. The van der Waals surface area contributed by atoms with Gasteiger partial charge in [-0.3, -0.25) is 19.2 Å². The molecular formula is C34H39F2N3O10S. The van der Waals surface area contributed by atoms with Gasteiger partial charge in [0.15, 0.2) is 40.4 Å². The quantitative estimate of drug-likeness (QED) is 0.0798. The molecule has 2 heterocycles. The average Bonchev–Trinajstić information content (AvgIpc) is 3.75. The number of fused-ring (bicyclic) bond motifs is 2. The van der Waals surface area contributed by atoms with Gasteiger partial charge in [-0.1, -0.05) is 0 Å². The van der Waals surface area contributed by atoms with Crippen LogP contribution in [0.5, 0.6) is 23.0 Å². The van der Waals surface area contributed by atoms with E-state index in [4.69, 9.17) is 29.4 Å². The van der Waals surface area contributed by atoms with Crippen LogP contribution in [0.25, 0.3) is 10.1 Å². The number of hydrogen-bond donors (Lipinski definition) is 2. The molecule has 0 saturated heterocycles. The Bertz CT molecular complexity index is 1750. The number of ether oxygens (including phenoxy) is 5. The summed E-state index contributed by atoms with van der Waals surface area (Å²) in [6.45, 7) is 1.69. The zero-order valence-corrected chi connectivity index (χ0v) is 28.8. The minimum atomic E-state index is -0.734. The fraction of sp³-hybridized carbons (Fsp3) is 0.441. The number of carbonyl (C=O) groups excluding carboxylic acids is 5. The number of Topliss-reactive ketones (excluding diaryl/α,β-unsaturated/α-hetero) is 1. The Morgan fingerprint density at radius 2 is 1.66 bits per heavy atom. The molecule has 0 saturated carbocycles. The summed E-state index contributed by atoms with van der Waals surface area (Å²) in [5.41, 5.74) is 6.12. The Balaban J connectivity index is 1.33. The van der Waals surface area contributed by atoms with Crippen LogP contribution in [0.3, 0.4) is 0 Å². The van der Waals surface area contributed by atoms with Crippen molar-refractivity contribution in [2.45, 2.75) is 58.2 Å². The average molecular weight is 720 g/mol. The Hall–Kier alpha value is -4.83. The topological polar surface area (TPSA) is 173 Å². The first-order valence-electron chi connectivity index (χ1n) is 15.9. The number of methoxy groups -OCH3 is 2. The van der Waals surface area contributed by atoms with Crippen LogP contribution in [0.2, 0.25) is 0 Å². The second kappa shape index (κ2) is 17.7. The number of aldehydes is 1. The number of nitrogens with zero attached hydrogens (tertiary/aromatic N) is 1. The van der Waals surface area contributed by atoms with Gasteiger partial charge in [0.1, 0.15) is 12.4 Å². The molecule has 13 nitrogen and oxygen atoms in total. The highest BCUT2D eigenvalue weighted by Crippen LogP contribution is 2.41. The standard InChI is InChI=1S/C34H39F2N3O10S/c1-19(16-38-28(42)15-37)49-30(44)8-7-23(41)27-13-21-26(50-27)14-25(46-3)34(31(21)35)48-11-5-10-47-33-24(45-2)12-20-17-39(18-22(20)32(33)36)29(43)6-4-9-40/h9,12-14,19H,4-8,10-11,15-18,37H2,1-3H3,(H,38,42). The van der Waals surface area contributed by atoms with Crippen LogP contribution in [0.4, 0.5) is 8.78 Å². The van der Waals surface area contributed by atoms with Crippen molar-refractivity contribution in [1.29, 1.82) is 0 Å². The molecule has 0 spiro atoms. The number of thiophene rings is 1. The van der Waals surface area contributed by atoms with Crippen LogP contribution in [-0.2, 0) is 37.0 Å². The van der Waals surface area contributed by atoms with Crippen LogP contribution < -0.4 is 30.0 Å². The third-order valence-electron chi connectivity index (χ3n) is 7.76. The molecular weight excluding hydrogens is 680 g/mol. The lowest BCUT2D eigenvalue weighted by atomic mass is 10.1. The van der Waals surface area contributed by atoms with E-state index >= 15 is 8.78 Å². The highest BCUT2D eigenvalue weighted by atomic mass is 32.1. The minimum Gasteiger partial charge on any atom is -0.493 e. The van der Waals surface area contributed by atoms with E-state index in [1.54, 1.807) is 19.1 Å². The van der Waals surface area contributed by atoms with E-state index in [0.29, 0.717) is 22.1 Å². The number of ketones is 1. The Morgan fingerprint density at radius 1 is 0.980 bits per heavy atom. The number of nitrogens with one attached hydrogen (secondary N) is 1. The van der Waals surface area contributed by atoms with Crippen LogP contribution >= 0.6 is 11.3 Å². The molecule has 0 radical (unpaired) electrons. The molecule has 2 amide bonds. The highest BCUT2D eigenvalue weighted by molar-refractivity contribution is 7.20. The van der Waals surface area contributed by atoms with Gasteiger partial charge in [-0.15, -0.1) is 11.3 Å². The van der Waals surface area contributed by atoms with Gasteiger partial charge >= 0.3 is 5.97 Å². The first-order chi connectivity index (χ1) is 24.0. The lowest BCUT2D eigenvalue weighted by Gasteiger charge is -2.15. The Kier molecular flexibility index (Phi) is 13.5. The zero-order chi connectivity index (χ0) is 36.4. The van der Waals surface area contributed by atoms with Gasteiger partial charge < -0.3 is 44.4 Å². The molecule has 1 atom stereocenters. The van der Waals surface area contributed by atoms with Crippen molar-refractivity contribution in [3.05, 3.63) is 45.8 Å². The maximum absolute atomic E-state index is 15.7. The minimum absolute atomic E-state index is 0.0130. The van der Waals surface area contributed by atoms with Crippen molar-refractivity contribution in [2.75, 3.05) is 40.5 Å². The molecule has 1 aliphatic rings. The number of rotatable bonds is 19. The molecule has 4 rings (SSSR count). The van der Waals surface area contributed by atoms with Gasteiger partial charge in [-0.2, -0.15) is 0 Å².